The fourth-order valence-electron chi connectivity index (χ4n) is 0.733. The lowest BCUT2D eigenvalue weighted by Crippen LogP contribution is -1.99. The molecule has 0 aromatic carbocycles. The van der Waals surface area contributed by atoms with Crippen molar-refractivity contribution in [2.24, 2.45) is 0 Å². The molecule has 0 saturated carbocycles. The Morgan fingerprint density at radius 2 is 2.36 bits per heavy atom. The van der Waals surface area contributed by atoms with Crippen molar-refractivity contribution >= 4 is 22.6 Å². The van der Waals surface area contributed by atoms with Gasteiger partial charge in [-0.3, -0.25) is 4.98 Å². The van der Waals surface area contributed by atoms with Crippen molar-refractivity contribution in [1.82, 2.24) is 4.98 Å². The number of hydrogen-bond acceptors (Lipinski definition) is 2. The average Bonchev–Trinajstić information content (AvgIpc) is 1.85. The SMILES string of the molecule is CC(O)c1ncc(F)cc1I. The van der Waals surface area contributed by atoms with Crippen molar-refractivity contribution in [1.29, 1.82) is 0 Å². The van der Waals surface area contributed by atoms with Gasteiger partial charge in [0.25, 0.3) is 0 Å². The summed E-state index contributed by atoms with van der Waals surface area (Å²) in [7, 11) is 0. The molecule has 0 radical (unpaired) electrons. The number of aromatic nitrogens is 1. The van der Waals surface area contributed by atoms with E-state index in [4.69, 9.17) is 5.11 Å². The van der Waals surface area contributed by atoms with E-state index in [1.165, 1.54) is 6.07 Å². The summed E-state index contributed by atoms with van der Waals surface area (Å²) >= 11 is 1.94. The van der Waals surface area contributed by atoms with E-state index in [0.29, 0.717) is 9.26 Å². The van der Waals surface area contributed by atoms with Gasteiger partial charge in [-0.25, -0.2) is 4.39 Å². The number of aliphatic hydroxyl groups excluding tert-OH is 1. The highest BCUT2D eigenvalue weighted by atomic mass is 127. The van der Waals surface area contributed by atoms with Gasteiger partial charge >= 0.3 is 0 Å². The average molecular weight is 267 g/mol. The summed E-state index contributed by atoms with van der Waals surface area (Å²) < 4.78 is 13.1. The Hall–Kier alpha value is -0.230. The van der Waals surface area contributed by atoms with Crippen molar-refractivity contribution in [3.63, 3.8) is 0 Å². The summed E-state index contributed by atoms with van der Waals surface area (Å²) in [5.41, 5.74) is 0.520. The predicted molar refractivity (Wildman–Crippen MR) is 47.5 cm³/mol. The fraction of sp³-hybridized carbons (Fsp3) is 0.286. The Bertz CT molecular complexity index is 265. The molecule has 0 spiro atoms. The van der Waals surface area contributed by atoms with Crippen LogP contribution in [-0.2, 0) is 0 Å². The van der Waals surface area contributed by atoms with Crippen LogP contribution >= 0.6 is 22.6 Å². The molecule has 0 aliphatic rings. The lowest BCUT2D eigenvalue weighted by Gasteiger charge is -2.04. The highest BCUT2D eigenvalue weighted by molar-refractivity contribution is 14.1. The Balaban J connectivity index is 3.09. The molecular weight excluding hydrogens is 260 g/mol. The Kier molecular flexibility index (Phi) is 2.78. The quantitative estimate of drug-likeness (QED) is 0.788. The second-order valence-corrected chi connectivity index (χ2v) is 3.36. The summed E-state index contributed by atoms with van der Waals surface area (Å²) in [6, 6.07) is 1.34. The highest BCUT2D eigenvalue weighted by Crippen LogP contribution is 2.17. The maximum Gasteiger partial charge on any atom is 0.142 e. The third-order valence-electron chi connectivity index (χ3n) is 1.23. The molecule has 1 rings (SSSR count). The molecular formula is C7H7FINO. The van der Waals surface area contributed by atoms with Crippen LogP contribution in [0.3, 0.4) is 0 Å². The maximum atomic E-state index is 12.5. The molecule has 1 atom stereocenters. The van der Waals surface area contributed by atoms with Gasteiger partial charge < -0.3 is 5.11 Å². The molecule has 60 valence electrons. The van der Waals surface area contributed by atoms with Crippen LogP contribution < -0.4 is 0 Å². The zero-order chi connectivity index (χ0) is 8.43. The van der Waals surface area contributed by atoms with Gasteiger partial charge in [0.15, 0.2) is 0 Å². The van der Waals surface area contributed by atoms with Gasteiger partial charge in [-0.05, 0) is 35.6 Å². The van der Waals surface area contributed by atoms with Gasteiger partial charge in [0, 0.05) is 3.57 Å². The molecule has 1 N–H and O–H groups in total. The summed E-state index contributed by atoms with van der Waals surface area (Å²) in [5.74, 6) is -0.376. The van der Waals surface area contributed by atoms with E-state index in [2.05, 4.69) is 4.98 Å². The molecule has 1 aromatic heterocycles. The molecule has 1 aromatic rings. The summed E-state index contributed by atoms with van der Waals surface area (Å²) in [4.78, 5) is 3.74. The Morgan fingerprint density at radius 1 is 1.73 bits per heavy atom. The molecule has 0 bridgehead atoms. The van der Waals surface area contributed by atoms with E-state index >= 15 is 0 Å². The van der Waals surface area contributed by atoms with Crippen LogP contribution in [0.25, 0.3) is 0 Å². The topological polar surface area (TPSA) is 33.1 Å². The first kappa shape index (κ1) is 8.86. The molecule has 0 amide bonds. The van der Waals surface area contributed by atoms with Crippen LogP contribution in [-0.4, -0.2) is 10.1 Å². The fourth-order valence-corrected chi connectivity index (χ4v) is 1.62. The standard InChI is InChI=1S/C7H7FINO/c1-4(11)7-6(9)2-5(8)3-10-7/h2-4,11H,1H3. The van der Waals surface area contributed by atoms with Crippen molar-refractivity contribution < 1.29 is 9.50 Å². The van der Waals surface area contributed by atoms with Crippen LogP contribution in [0.5, 0.6) is 0 Å². The molecule has 0 aliphatic carbocycles. The first-order valence-corrected chi connectivity index (χ1v) is 4.18. The lowest BCUT2D eigenvalue weighted by molar-refractivity contribution is 0.193. The van der Waals surface area contributed by atoms with Gasteiger partial charge in [-0.15, -0.1) is 0 Å². The summed E-state index contributed by atoms with van der Waals surface area (Å²) in [6.45, 7) is 1.60. The molecule has 0 saturated heterocycles. The molecule has 4 heteroatoms. The minimum Gasteiger partial charge on any atom is -0.387 e. The zero-order valence-electron chi connectivity index (χ0n) is 5.88. The van der Waals surface area contributed by atoms with E-state index < -0.39 is 6.10 Å². The molecule has 0 fully saturated rings. The van der Waals surface area contributed by atoms with Gasteiger partial charge in [-0.2, -0.15) is 0 Å². The van der Waals surface area contributed by atoms with E-state index in [9.17, 15) is 4.39 Å². The van der Waals surface area contributed by atoms with E-state index in [0.717, 1.165) is 6.20 Å². The van der Waals surface area contributed by atoms with Crippen LogP contribution in [0.2, 0.25) is 0 Å². The highest BCUT2D eigenvalue weighted by Gasteiger charge is 2.07. The second-order valence-electron chi connectivity index (χ2n) is 2.20. The lowest BCUT2D eigenvalue weighted by atomic mass is 10.2. The second kappa shape index (κ2) is 3.44. The molecule has 1 unspecified atom stereocenters. The smallest absolute Gasteiger partial charge is 0.142 e. The number of halogens is 2. The molecule has 11 heavy (non-hydrogen) atoms. The first-order valence-electron chi connectivity index (χ1n) is 3.10. The van der Waals surface area contributed by atoms with E-state index in [1.54, 1.807) is 6.92 Å². The van der Waals surface area contributed by atoms with Crippen LogP contribution in [0.15, 0.2) is 12.3 Å². The van der Waals surface area contributed by atoms with Crippen LogP contribution in [0.4, 0.5) is 4.39 Å². The van der Waals surface area contributed by atoms with Crippen molar-refractivity contribution in [2.45, 2.75) is 13.0 Å². The molecule has 0 aliphatic heterocycles. The van der Waals surface area contributed by atoms with E-state index in [1.807, 2.05) is 22.6 Å². The largest absolute Gasteiger partial charge is 0.387 e. The zero-order valence-corrected chi connectivity index (χ0v) is 8.04. The van der Waals surface area contributed by atoms with E-state index in [-0.39, 0.29) is 5.82 Å². The summed E-state index contributed by atoms with van der Waals surface area (Å²) in [5, 5.41) is 9.11. The predicted octanol–water partition coefficient (Wildman–Crippen LogP) is 1.88. The van der Waals surface area contributed by atoms with Gasteiger partial charge in [0.2, 0.25) is 0 Å². The first-order chi connectivity index (χ1) is 5.11. The Labute approximate surface area is 77.6 Å². The molecule has 2 nitrogen and oxygen atoms in total. The van der Waals surface area contributed by atoms with Crippen LogP contribution in [0.1, 0.15) is 18.7 Å². The van der Waals surface area contributed by atoms with Crippen molar-refractivity contribution in [3.05, 3.63) is 27.3 Å². The number of hydrogen-bond donors (Lipinski definition) is 1. The molecule has 1 heterocycles. The Morgan fingerprint density at radius 3 is 2.82 bits per heavy atom. The number of nitrogens with zero attached hydrogens (tertiary/aromatic N) is 1. The van der Waals surface area contributed by atoms with Crippen LogP contribution in [0, 0.1) is 9.39 Å². The number of aliphatic hydroxyl groups is 1. The number of rotatable bonds is 1. The maximum absolute atomic E-state index is 12.5. The van der Waals surface area contributed by atoms with Gasteiger partial charge in [-0.1, -0.05) is 0 Å². The van der Waals surface area contributed by atoms with Crippen molar-refractivity contribution in [3.8, 4) is 0 Å². The minimum atomic E-state index is -0.637. The summed E-state index contributed by atoms with van der Waals surface area (Å²) in [6.07, 6.45) is 0.465. The minimum absolute atomic E-state index is 0.376. The third-order valence-corrected chi connectivity index (χ3v) is 2.10. The third kappa shape index (κ3) is 2.10. The number of pyridine rings is 1. The van der Waals surface area contributed by atoms with Crippen molar-refractivity contribution in [2.75, 3.05) is 0 Å². The van der Waals surface area contributed by atoms with Gasteiger partial charge in [0.1, 0.15) is 5.82 Å². The monoisotopic (exact) mass is 267 g/mol. The normalized spacial score (nSPS) is 13.1. The van der Waals surface area contributed by atoms with Gasteiger partial charge in [0.05, 0.1) is 18.0 Å².